The van der Waals surface area contributed by atoms with Crippen LogP contribution in [-0.2, 0) is 14.9 Å². The summed E-state index contributed by atoms with van der Waals surface area (Å²) in [6, 6.07) is 0.0414. The van der Waals surface area contributed by atoms with E-state index in [9.17, 15) is 26.5 Å². The van der Waals surface area contributed by atoms with Crippen molar-refractivity contribution in [1.29, 1.82) is 0 Å². The predicted octanol–water partition coefficient (Wildman–Crippen LogP) is 1.96. The van der Waals surface area contributed by atoms with Gasteiger partial charge in [0.05, 0.1) is 6.61 Å². The number of hydrogen-bond acceptors (Lipinski definition) is 5. The van der Waals surface area contributed by atoms with E-state index in [1.807, 2.05) is 0 Å². The summed E-state index contributed by atoms with van der Waals surface area (Å²) in [5.41, 5.74) is 0. The topological polar surface area (TPSA) is 95.5 Å². The lowest BCUT2D eigenvalue weighted by atomic mass is 9.96. The molecule has 0 aromatic rings. The van der Waals surface area contributed by atoms with Gasteiger partial charge in [-0.1, -0.05) is 19.3 Å². The fourth-order valence-electron chi connectivity index (χ4n) is 2.02. The summed E-state index contributed by atoms with van der Waals surface area (Å²) in [5, 5.41) is -1.71. The zero-order valence-electron chi connectivity index (χ0n) is 10.9. The minimum atomic E-state index is -5.67. The molecule has 0 radical (unpaired) electrons. The Balaban J connectivity index is 2.19. The fraction of sp³-hybridized carbons (Fsp3) is 0.909. The van der Waals surface area contributed by atoms with Gasteiger partial charge in [-0.3, -0.25) is 0 Å². The highest BCUT2D eigenvalue weighted by Gasteiger charge is 2.36. The van der Waals surface area contributed by atoms with Gasteiger partial charge in [0, 0.05) is 12.5 Å². The number of nitrogens with one attached hydrogen (secondary N) is 1. The SMILES string of the molecule is O=C(NC1CCCCC1)OCCCC(F)(F)S(=O)(=O)[O-]. The Morgan fingerprint density at radius 2 is 1.90 bits per heavy atom. The lowest BCUT2D eigenvalue weighted by molar-refractivity contribution is 0.0584. The summed E-state index contributed by atoms with van der Waals surface area (Å²) in [7, 11) is -5.67. The van der Waals surface area contributed by atoms with Gasteiger partial charge >= 0.3 is 11.3 Å². The third-order valence-corrected chi connectivity index (χ3v) is 4.07. The summed E-state index contributed by atoms with van der Waals surface area (Å²) in [6.45, 7) is -0.357. The number of alkyl halides is 2. The molecule has 1 fully saturated rings. The van der Waals surface area contributed by atoms with Crippen molar-refractivity contribution >= 4 is 16.2 Å². The molecule has 0 atom stereocenters. The van der Waals surface area contributed by atoms with E-state index in [0.717, 1.165) is 32.1 Å². The maximum atomic E-state index is 12.8. The molecule has 0 heterocycles. The van der Waals surface area contributed by atoms with Crippen LogP contribution >= 0.6 is 0 Å². The Bertz CT molecular complexity index is 421. The van der Waals surface area contributed by atoms with E-state index in [0.29, 0.717) is 0 Å². The molecular formula is C11H18F2NO5S-. The van der Waals surface area contributed by atoms with Crippen LogP contribution < -0.4 is 5.32 Å². The maximum Gasteiger partial charge on any atom is 0.407 e. The highest BCUT2D eigenvalue weighted by atomic mass is 32.2. The first-order valence-corrected chi connectivity index (χ1v) is 7.90. The van der Waals surface area contributed by atoms with Crippen molar-refractivity contribution in [3.05, 3.63) is 0 Å². The number of rotatable bonds is 6. The summed E-state index contributed by atoms with van der Waals surface area (Å²) in [5.74, 6) is 0. The van der Waals surface area contributed by atoms with E-state index in [4.69, 9.17) is 0 Å². The van der Waals surface area contributed by atoms with Gasteiger partial charge in [0.15, 0.2) is 10.1 Å². The average Bonchev–Trinajstić information content (AvgIpc) is 2.34. The molecule has 1 amide bonds. The van der Waals surface area contributed by atoms with E-state index in [2.05, 4.69) is 10.1 Å². The molecule has 1 rings (SSSR count). The molecule has 118 valence electrons. The zero-order chi connectivity index (χ0) is 15.2. The van der Waals surface area contributed by atoms with E-state index in [-0.39, 0.29) is 12.6 Å². The number of alkyl carbamates (subject to hydrolysis) is 1. The molecule has 0 bridgehead atoms. The molecule has 0 saturated heterocycles. The number of carbonyl (C=O) groups excluding carboxylic acids is 1. The van der Waals surface area contributed by atoms with Gasteiger partial charge in [0.2, 0.25) is 0 Å². The third-order valence-electron chi connectivity index (χ3n) is 3.14. The van der Waals surface area contributed by atoms with Crippen LogP contribution in [0, 0.1) is 0 Å². The smallest absolute Gasteiger partial charge is 0.407 e. The standard InChI is InChI=1S/C11H19F2NO5S/c12-11(13,20(16,17)18)7-4-8-19-10(15)14-9-5-2-1-3-6-9/h9H,1-8H2,(H,14,15)(H,16,17,18)/p-1. The van der Waals surface area contributed by atoms with Crippen molar-refractivity contribution in [3.63, 3.8) is 0 Å². The summed E-state index contributed by atoms with van der Waals surface area (Å²) >= 11 is 0. The molecule has 0 aliphatic heterocycles. The van der Waals surface area contributed by atoms with Crippen LogP contribution in [0.4, 0.5) is 13.6 Å². The second-order valence-electron chi connectivity index (χ2n) is 4.81. The Labute approximate surface area is 116 Å². The summed E-state index contributed by atoms with van der Waals surface area (Å²) in [6.07, 6.45) is 2.65. The van der Waals surface area contributed by atoms with Gasteiger partial charge in [0.1, 0.15) is 0 Å². The molecule has 1 aliphatic rings. The number of halogens is 2. The first-order chi connectivity index (χ1) is 9.22. The van der Waals surface area contributed by atoms with E-state index >= 15 is 0 Å². The van der Waals surface area contributed by atoms with Crippen molar-refractivity contribution in [1.82, 2.24) is 5.32 Å². The second-order valence-corrected chi connectivity index (χ2v) is 6.32. The lowest BCUT2D eigenvalue weighted by Gasteiger charge is -2.22. The van der Waals surface area contributed by atoms with Crippen molar-refractivity contribution < 1.29 is 31.3 Å². The van der Waals surface area contributed by atoms with Gasteiger partial charge in [-0.25, -0.2) is 13.2 Å². The number of hydrogen-bond donors (Lipinski definition) is 1. The quantitative estimate of drug-likeness (QED) is 0.597. The average molecular weight is 314 g/mol. The third kappa shape index (κ3) is 5.58. The van der Waals surface area contributed by atoms with Crippen LogP contribution in [0.25, 0.3) is 0 Å². The first kappa shape index (κ1) is 17.1. The Hall–Kier alpha value is -0.960. The van der Waals surface area contributed by atoms with E-state index in [1.165, 1.54) is 0 Å². The molecule has 20 heavy (non-hydrogen) atoms. The molecule has 6 nitrogen and oxygen atoms in total. The highest BCUT2D eigenvalue weighted by molar-refractivity contribution is 7.86. The molecule has 0 aromatic carbocycles. The van der Waals surface area contributed by atoms with Crippen molar-refractivity contribution in [2.45, 2.75) is 56.2 Å². The largest absolute Gasteiger partial charge is 0.743 e. The van der Waals surface area contributed by atoms with Crippen molar-refractivity contribution in [3.8, 4) is 0 Å². The van der Waals surface area contributed by atoms with Gasteiger partial charge in [-0.2, -0.15) is 8.78 Å². The van der Waals surface area contributed by atoms with Crippen LogP contribution in [0.1, 0.15) is 44.9 Å². The van der Waals surface area contributed by atoms with Crippen LogP contribution in [-0.4, -0.2) is 37.0 Å². The fourth-order valence-corrected chi connectivity index (χ4v) is 2.42. The molecule has 0 spiro atoms. The Morgan fingerprint density at radius 1 is 1.30 bits per heavy atom. The lowest BCUT2D eigenvalue weighted by Crippen LogP contribution is -2.36. The van der Waals surface area contributed by atoms with Crippen LogP contribution in [0.2, 0.25) is 0 Å². The monoisotopic (exact) mass is 314 g/mol. The van der Waals surface area contributed by atoms with E-state index in [1.54, 1.807) is 0 Å². The molecule has 0 unspecified atom stereocenters. The molecule has 0 aromatic heterocycles. The molecule has 1 N–H and O–H groups in total. The van der Waals surface area contributed by atoms with Crippen LogP contribution in [0.3, 0.4) is 0 Å². The number of ether oxygens (including phenoxy) is 1. The van der Waals surface area contributed by atoms with Crippen molar-refractivity contribution in [2.24, 2.45) is 0 Å². The van der Waals surface area contributed by atoms with Gasteiger partial charge in [-0.15, -0.1) is 0 Å². The molecule has 1 aliphatic carbocycles. The van der Waals surface area contributed by atoms with Gasteiger partial charge in [-0.05, 0) is 19.3 Å². The minimum absolute atomic E-state index is 0.0414. The highest BCUT2D eigenvalue weighted by Crippen LogP contribution is 2.26. The zero-order valence-corrected chi connectivity index (χ0v) is 11.8. The Kier molecular flexibility index (Phi) is 6.12. The maximum absolute atomic E-state index is 12.8. The second kappa shape index (κ2) is 7.16. The summed E-state index contributed by atoms with van der Waals surface area (Å²) in [4.78, 5) is 11.3. The summed E-state index contributed by atoms with van der Waals surface area (Å²) < 4.78 is 60.9. The molecule has 1 saturated carbocycles. The van der Waals surface area contributed by atoms with Gasteiger partial charge < -0.3 is 14.6 Å². The molecule has 9 heteroatoms. The first-order valence-electron chi connectivity index (χ1n) is 6.49. The van der Waals surface area contributed by atoms with Crippen LogP contribution in [0.15, 0.2) is 0 Å². The molecular weight excluding hydrogens is 296 g/mol. The van der Waals surface area contributed by atoms with Crippen molar-refractivity contribution in [2.75, 3.05) is 6.61 Å². The predicted molar refractivity (Wildman–Crippen MR) is 65.2 cm³/mol. The van der Waals surface area contributed by atoms with E-state index < -0.39 is 34.3 Å². The normalized spacial score (nSPS) is 17.8. The number of amides is 1. The number of carbonyl (C=O) groups is 1. The Morgan fingerprint density at radius 3 is 2.45 bits per heavy atom. The minimum Gasteiger partial charge on any atom is -0.743 e. The van der Waals surface area contributed by atoms with Crippen LogP contribution in [0.5, 0.6) is 0 Å². The van der Waals surface area contributed by atoms with Gasteiger partial charge in [0.25, 0.3) is 0 Å².